The number of aliphatic hydroxyl groups excluding tert-OH is 2. The number of anilines is 1. The Hall–Kier alpha value is -1.42. The van der Waals surface area contributed by atoms with Crippen molar-refractivity contribution in [2.45, 2.75) is 82.0 Å². The lowest BCUT2D eigenvalue weighted by Crippen LogP contribution is -2.30. The van der Waals surface area contributed by atoms with Gasteiger partial charge in [-0.2, -0.15) is 12.6 Å². The molecule has 9 heteroatoms. The molecule has 28 heavy (non-hydrogen) atoms. The molecule has 3 heterocycles. The molecular formula is C19H31N5O3S. The third-order valence-corrected chi connectivity index (χ3v) is 5.85. The zero-order chi connectivity index (χ0) is 20.1. The zero-order valence-corrected chi connectivity index (χ0v) is 17.3. The zero-order valence-electron chi connectivity index (χ0n) is 16.4. The molecule has 1 saturated heterocycles. The summed E-state index contributed by atoms with van der Waals surface area (Å²) < 4.78 is 7.48. The molecule has 8 nitrogen and oxygen atoms in total. The number of imidazole rings is 1. The van der Waals surface area contributed by atoms with Gasteiger partial charge in [-0.25, -0.2) is 15.0 Å². The number of aromatic nitrogens is 4. The van der Waals surface area contributed by atoms with E-state index in [4.69, 9.17) is 10.5 Å². The molecule has 1 aliphatic heterocycles. The Balaban J connectivity index is 1.69. The number of unbranched alkanes of at least 4 members (excludes halogenated alkanes) is 6. The Kier molecular flexibility index (Phi) is 7.50. The van der Waals surface area contributed by atoms with Crippen molar-refractivity contribution in [3.05, 3.63) is 12.2 Å². The Morgan fingerprint density at radius 1 is 1.18 bits per heavy atom. The minimum atomic E-state index is -0.873. The van der Waals surface area contributed by atoms with Crippen LogP contribution in [0, 0.1) is 0 Å². The number of thiol groups is 1. The Bertz CT molecular complexity index is 771. The summed E-state index contributed by atoms with van der Waals surface area (Å²) in [7, 11) is 0. The maximum atomic E-state index is 10.2. The highest BCUT2D eigenvalue weighted by Crippen LogP contribution is 2.35. The third-order valence-electron chi connectivity index (χ3n) is 5.29. The lowest BCUT2D eigenvalue weighted by molar-refractivity contribution is -0.0430. The Morgan fingerprint density at radius 2 is 1.89 bits per heavy atom. The number of fused-ring (bicyclic) bond motifs is 1. The van der Waals surface area contributed by atoms with Crippen molar-refractivity contribution in [1.29, 1.82) is 0 Å². The van der Waals surface area contributed by atoms with E-state index in [-0.39, 0.29) is 6.61 Å². The first kappa shape index (κ1) is 21.3. The van der Waals surface area contributed by atoms with Gasteiger partial charge in [0.1, 0.15) is 17.4 Å². The first-order chi connectivity index (χ1) is 13.6. The van der Waals surface area contributed by atoms with E-state index in [2.05, 4.69) is 34.5 Å². The average Bonchev–Trinajstić information content (AvgIpc) is 3.23. The molecule has 156 valence electrons. The standard InChI is InChI=1S/C19H31N5O3S/c1-2-3-4-5-6-7-8-9-13-22-17(20)14-18(23-13)24(11-21-14)19-16(28)15(26)12(10-25)27-19/h11-12,15-16,19,25-26,28H,2-10H2,1H3,(H2,20,22,23)/t12-,15-,16-,19-/m1/s1. The van der Waals surface area contributed by atoms with E-state index < -0.39 is 23.7 Å². The summed E-state index contributed by atoms with van der Waals surface area (Å²) in [6, 6.07) is 0. The van der Waals surface area contributed by atoms with Gasteiger partial charge in [0.15, 0.2) is 17.7 Å². The minimum Gasteiger partial charge on any atom is -0.394 e. The summed E-state index contributed by atoms with van der Waals surface area (Å²) in [6.45, 7) is 1.95. The van der Waals surface area contributed by atoms with Crippen LogP contribution in [0.4, 0.5) is 5.82 Å². The molecule has 4 atom stereocenters. The number of hydrogen-bond acceptors (Lipinski definition) is 8. The number of hydrogen-bond donors (Lipinski definition) is 4. The quantitative estimate of drug-likeness (QED) is 0.351. The van der Waals surface area contributed by atoms with Gasteiger partial charge in [0.2, 0.25) is 0 Å². The number of aliphatic hydroxyl groups is 2. The monoisotopic (exact) mass is 409 g/mol. The Morgan fingerprint density at radius 3 is 2.57 bits per heavy atom. The van der Waals surface area contributed by atoms with Gasteiger partial charge < -0.3 is 20.7 Å². The van der Waals surface area contributed by atoms with Crippen LogP contribution in [-0.2, 0) is 11.2 Å². The van der Waals surface area contributed by atoms with E-state index in [9.17, 15) is 10.2 Å². The molecule has 3 rings (SSSR count). The maximum Gasteiger partial charge on any atom is 0.167 e. The predicted octanol–water partition coefficient (Wildman–Crippen LogP) is 2.25. The van der Waals surface area contributed by atoms with E-state index in [1.54, 1.807) is 10.9 Å². The second-order valence-electron chi connectivity index (χ2n) is 7.45. The van der Waals surface area contributed by atoms with Gasteiger partial charge in [0.25, 0.3) is 0 Å². The van der Waals surface area contributed by atoms with E-state index in [0.29, 0.717) is 22.8 Å². The van der Waals surface area contributed by atoms with E-state index in [0.717, 1.165) is 19.3 Å². The fraction of sp³-hybridized carbons (Fsp3) is 0.737. The number of nitrogens with two attached hydrogens (primary N) is 1. The van der Waals surface area contributed by atoms with Crippen LogP contribution in [0.3, 0.4) is 0 Å². The Labute approximate surface area is 170 Å². The van der Waals surface area contributed by atoms with Crippen molar-refractivity contribution in [3.8, 4) is 0 Å². The van der Waals surface area contributed by atoms with Crippen LogP contribution in [0.1, 0.15) is 63.9 Å². The van der Waals surface area contributed by atoms with Crippen LogP contribution in [0.2, 0.25) is 0 Å². The molecule has 0 unspecified atom stereocenters. The molecule has 0 aromatic carbocycles. The van der Waals surface area contributed by atoms with Crippen LogP contribution < -0.4 is 5.73 Å². The summed E-state index contributed by atoms with van der Waals surface area (Å²) in [5.41, 5.74) is 7.17. The van der Waals surface area contributed by atoms with Crippen molar-refractivity contribution in [2.24, 2.45) is 0 Å². The lowest BCUT2D eigenvalue weighted by Gasteiger charge is -2.17. The summed E-state index contributed by atoms with van der Waals surface area (Å²) in [5.74, 6) is 1.03. The van der Waals surface area contributed by atoms with Gasteiger partial charge in [0, 0.05) is 6.42 Å². The van der Waals surface area contributed by atoms with Crippen molar-refractivity contribution in [2.75, 3.05) is 12.3 Å². The number of aryl methyl sites for hydroxylation is 1. The molecule has 2 aromatic heterocycles. The predicted molar refractivity (Wildman–Crippen MR) is 111 cm³/mol. The van der Waals surface area contributed by atoms with Crippen LogP contribution in [-0.4, -0.2) is 53.8 Å². The topological polar surface area (TPSA) is 119 Å². The van der Waals surface area contributed by atoms with Crippen molar-refractivity contribution in [1.82, 2.24) is 19.5 Å². The highest BCUT2D eigenvalue weighted by molar-refractivity contribution is 7.81. The summed E-state index contributed by atoms with van der Waals surface area (Å²) in [4.78, 5) is 13.4. The maximum absolute atomic E-state index is 10.2. The molecule has 0 spiro atoms. The van der Waals surface area contributed by atoms with Crippen molar-refractivity contribution in [3.63, 3.8) is 0 Å². The van der Waals surface area contributed by atoms with Gasteiger partial charge >= 0.3 is 0 Å². The van der Waals surface area contributed by atoms with Crippen molar-refractivity contribution < 1.29 is 14.9 Å². The molecule has 0 radical (unpaired) electrons. The molecule has 2 aromatic rings. The van der Waals surface area contributed by atoms with Gasteiger partial charge in [0.05, 0.1) is 24.3 Å². The van der Waals surface area contributed by atoms with Crippen LogP contribution in [0.25, 0.3) is 11.2 Å². The number of nitrogens with zero attached hydrogens (tertiary/aromatic N) is 4. The number of ether oxygens (including phenoxy) is 1. The first-order valence-corrected chi connectivity index (χ1v) is 10.7. The van der Waals surface area contributed by atoms with Gasteiger partial charge in [-0.3, -0.25) is 4.57 Å². The summed E-state index contributed by atoms with van der Waals surface area (Å²) in [6.07, 6.45) is 8.75. The summed E-state index contributed by atoms with van der Waals surface area (Å²) >= 11 is 4.45. The fourth-order valence-electron chi connectivity index (χ4n) is 3.63. The third kappa shape index (κ3) is 4.59. The van der Waals surface area contributed by atoms with E-state index >= 15 is 0 Å². The molecular weight excluding hydrogens is 378 g/mol. The highest BCUT2D eigenvalue weighted by Gasteiger charge is 2.43. The molecule has 0 bridgehead atoms. The molecule has 0 amide bonds. The van der Waals surface area contributed by atoms with Crippen LogP contribution >= 0.6 is 12.6 Å². The van der Waals surface area contributed by atoms with Gasteiger partial charge in [-0.15, -0.1) is 0 Å². The number of rotatable bonds is 10. The minimum absolute atomic E-state index is 0.276. The summed E-state index contributed by atoms with van der Waals surface area (Å²) in [5, 5.41) is 19.0. The molecule has 0 saturated carbocycles. The molecule has 1 fully saturated rings. The van der Waals surface area contributed by atoms with Crippen molar-refractivity contribution >= 4 is 29.6 Å². The van der Waals surface area contributed by atoms with Gasteiger partial charge in [-0.05, 0) is 6.42 Å². The van der Waals surface area contributed by atoms with Crippen LogP contribution in [0.5, 0.6) is 0 Å². The normalized spacial score (nSPS) is 25.0. The second kappa shape index (κ2) is 9.87. The van der Waals surface area contributed by atoms with Gasteiger partial charge in [-0.1, -0.05) is 45.4 Å². The van der Waals surface area contributed by atoms with E-state index in [1.165, 1.54) is 32.1 Å². The largest absolute Gasteiger partial charge is 0.394 e. The SMILES string of the molecule is CCCCCCCCCc1nc(N)c2ncn([C@@H]3O[C@H](CO)[C@@H](O)[C@H]3S)c2n1. The highest BCUT2D eigenvalue weighted by atomic mass is 32.1. The smallest absolute Gasteiger partial charge is 0.167 e. The lowest BCUT2D eigenvalue weighted by atomic mass is 10.1. The molecule has 1 aliphatic rings. The second-order valence-corrected chi connectivity index (χ2v) is 8.05. The van der Waals surface area contributed by atoms with E-state index in [1.807, 2.05) is 0 Å². The number of nitrogen functional groups attached to an aromatic ring is 1. The van der Waals surface area contributed by atoms with Crippen LogP contribution in [0.15, 0.2) is 6.33 Å². The fourth-order valence-corrected chi connectivity index (χ4v) is 4.04. The molecule has 0 aliphatic carbocycles. The molecule has 4 N–H and O–H groups in total. The first-order valence-electron chi connectivity index (χ1n) is 10.2. The average molecular weight is 410 g/mol.